The molecule has 7 heteroatoms. The molecule has 0 radical (unpaired) electrons. The Balaban J connectivity index is 1.43. The lowest BCUT2D eigenvalue weighted by molar-refractivity contribution is -0.127. The molecule has 2 aromatic carbocycles. The Hall–Kier alpha value is -2.41. The van der Waals surface area contributed by atoms with Gasteiger partial charge in [-0.2, -0.15) is 0 Å². The van der Waals surface area contributed by atoms with Crippen LogP contribution in [0.15, 0.2) is 47.4 Å². The van der Waals surface area contributed by atoms with Gasteiger partial charge in [0.25, 0.3) is 5.91 Å². The van der Waals surface area contributed by atoms with Crippen LogP contribution >= 0.6 is 11.8 Å². The first-order chi connectivity index (χ1) is 14.0. The van der Waals surface area contributed by atoms with E-state index in [1.807, 2.05) is 0 Å². The van der Waals surface area contributed by atoms with Gasteiger partial charge in [0, 0.05) is 29.3 Å². The number of piperidine rings is 1. The number of amides is 2. The molecule has 29 heavy (non-hydrogen) atoms. The van der Waals surface area contributed by atoms with E-state index < -0.39 is 0 Å². The van der Waals surface area contributed by atoms with Crippen LogP contribution in [0.4, 0.5) is 8.78 Å². The minimum Gasteiger partial charge on any atom is -0.349 e. The summed E-state index contributed by atoms with van der Waals surface area (Å²) in [6.07, 6.45) is 2.19. The van der Waals surface area contributed by atoms with E-state index in [1.165, 1.54) is 36.4 Å². The molecule has 2 aliphatic heterocycles. The first-order valence-electron chi connectivity index (χ1n) is 9.79. The SMILES string of the molecule is O=C(NC1CCSc2ccc(F)cc21)C1CCCN(C(=O)c2ccc(F)cc2)C1. The van der Waals surface area contributed by atoms with Gasteiger partial charge in [-0.1, -0.05) is 0 Å². The van der Waals surface area contributed by atoms with Crippen LogP contribution in [-0.4, -0.2) is 35.6 Å². The largest absolute Gasteiger partial charge is 0.349 e. The van der Waals surface area contributed by atoms with Gasteiger partial charge in [-0.3, -0.25) is 9.59 Å². The number of carbonyl (C=O) groups excluding carboxylic acids is 2. The first-order valence-corrected chi connectivity index (χ1v) is 10.8. The van der Waals surface area contributed by atoms with Crippen LogP contribution in [0.3, 0.4) is 0 Å². The average molecular weight is 416 g/mol. The van der Waals surface area contributed by atoms with E-state index in [-0.39, 0.29) is 35.4 Å². The molecule has 2 heterocycles. The molecule has 2 aromatic rings. The summed E-state index contributed by atoms with van der Waals surface area (Å²) in [5.41, 5.74) is 1.24. The Morgan fingerprint density at radius 3 is 2.59 bits per heavy atom. The van der Waals surface area contributed by atoms with Crippen molar-refractivity contribution < 1.29 is 18.4 Å². The number of nitrogens with one attached hydrogen (secondary N) is 1. The number of rotatable bonds is 3. The van der Waals surface area contributed by atoms with Crippen LogP contribution < -0.4 is 5.32 Å². The van der Waals surface area contributed by atoms with Crippen molar-refractivity contribution in [2.24, 2.45) is 5.92 Å². The zero-order valence-electron chi connectivity index (χ0n) is 15.9. The fourth-order valence-electron chi connectivity index (χ4n) is 3.96. The summed E-state index contributed by atoms with van der Waals surface area (Å²) in [5, 5.41) is 3.07. The van der Waals surface area contributed by atoms with Crippen molar-refractivity contribution in [1.82, 2.24) is 10.2 Å². The Kier molecular flexibility index (Phi) is 5.85. The monoisotopic (exact) mass is 416 g/mol. The minimum absolute atomic E-state index is 0.103. The van der Waals surface area contributed by atoms with Crippen LogP contribution in [-0.2, 0) is 4.79 Å². The van der Waals surface area contributed by atoms with Crippen molar-refractivity contribution in [3.63, 3.8) is 0 Å². The molecular weight excluding hydrogens is 394 g/mol. The lowest BCUT2D eigenvalue weighted by atomic mass is 9.95. The third-order valence-corrected chi connectivity index (χ3v) is 6.62. The van der Waals surface area contributed by atoms with Gasteiger partial charge < -0.3 is 10.2 Å². The summed E-state index contributed by atoms with van der Waals surface area (Å²) < 4.78 is 26.8. The zero-order chi connectivity index (χ0) is 20.4. The summed E-state index contributed by atoms with van der Waals surface area (Å²) >= 11 is 1.67. The first kappa shape index (κ1) is 19.9. The number of nitrogens with zero attached hydrogens (tertiary/aromatic N) is 1. The van der Waals surface area contributed by atoms with Crippen LogP contribution in [0, 0.1) is 17.6 Å². The summed E-state index contributed by atoms with van der Waals surface area (Å²) in [6, 6.07) is 9.94. The predicted octanol–water partition coefficient (Wildman–Crippen LogP) is 4.17. The quantitative estimate of drug-likeness (QED) is 0.817. The molecule has 2 atom stereocenters. The molecule has 2 unspecified atom stereocenters. The van der Waals surface area contributed by atoms with Gasteiger partial charge in [-0.15, -0.1) is 11.8 Å². The molecule has 0 spiro atoms. The molecule has 0 bridgehead atoms. The number of benzene rings is 2. The van der Waals surface area contributed by atoms with E-state index in [4.69, 9.17) is 0 Å². The normalized spacial score (nSPS) is 21.4. The van der Waals surface area contributed by atoms with Crippen molar-refractivity contribution in [3.8, 4) is 0 Å². The van der Waals surface area contributed by atoms with Gasteiger partial charge in [-0.05, 0) is 67.3 Å². The van der Waals surface area contributed by atoms with E-state index in [0.29, 0.717) is 25.1 Å². The van der Waals surface area contributed by atoms with Crippen LogP contribution in [0.5, 0.6) is 0 Å². The fraction of sp³-hybridized carbons (Fsp3) is 0.364. The highest BCUT2D eigenvalue weighted by atomic mass is 32.2. The van der Waals surface area contributed by atoms with E-state index in [1.54, 1.807) is 22.7 Å². The summed E-state index contributed by atoms with van der Waals surface area (Å²) in [6.45, 7) is 0.910. The standard InChI is InChI=1S/C22H22F2N2O2S/c23-16-5-3-14(4-6-16)22(28)26-10-1-2-15(13-26)21(27)25-19-9-11-29-20-8-7-17(24)12-18(19)20/h3-8,12,15,19H,1-2,9-11,13H2,(H,25,27). The number of fused-ring (bicyclic) bond motifs is 1. The number of hydrogen-bond donors (Lipinski definition) is 1. The molecule has 1 N–H and O–H groups in total. The highest BCUT2D eigenvalue weighted by Gasteiger charge is 2.31. The molecule has 0 saturated carbocycles. The Morgan fingerprint density at radius 1 is 1.03 bits per heavy atom. The van der Waals surface area contributed by atoms with Gasteiger partial charge in [0.05, 0.1) is 12.0 Å². The van der Waals surface area contributed by atoms with Gasteiger partial charge in [0.1, 0.15) is 11.6 Å². The molecule has 1 saturated heterocycles. The Labute approximate surface area is 172 Å². The number of halogens is 2. The van der Waals surface area contributed by atoms with Crippen molar-refractivity contribution >= 4 is 23.6 Å². The average Bonchev–Trinajstić information content (AvgIpc) is 2.74. The van der Waals surface area contributed by atoms with Gasteiger partial charge in [-0.25, -0.2) is 8.78 Å². The number of thioether (sulfide) groups is 1. The molecule has 2 amide bonds. The minimum atomic E-state index is -0.389. The number of carbonyl (C=O) groups is 2. The van der Waals surface area contributed by atoms with E-state index in [9.17, 15) is 18.4 Å². The lowest BCUT2D eigenvalue weighted by Crippen LogP contribution is -2.46. The van der Waals surface area contributed by atoms with E-state index in [2.05, 4.69) is 5.32 Å². The third-order valence-electron chi connectivity index (χ3n) is 5.50. The summed E-state index contributed by atoms with van der Waals surface area (Å²) in [7, 11) is 0. The van der Waals surface area contributed by atoms with Gasteiger partial charge in [0.2, 0.25) is 5.91 Å². The molecule has 152 valence electrons. The maximum Gasteiger partial charge on any atom is 0.253 e. The Morgan fingerprint density at radius 2 is 1.79 bits per heavy atom. The van der Waals surface area contributed by atoms with Crippen LogP contribution in [0.2, 0.25) is 0 Å². The Bertz CT molecular complexity index is 920. The van der Waals surface area contributed by atoms with E-state index in [0.717, 1.165) is 29.1 Å². The van der Waals surface area contributed by atoms with Crippen molar-refractivity contribution in [2.75, 3.05) is 18.8 Å². The summed E-state index contributed by atoms with van der Waals surface area (Å²) in [5.74, 6) is -0.430. The molecule has 2 aliphatic rings. The lowest BCUT2D eigenvalue weighted by Gasteiger charge is -2.34. The molecule has 1 fully saturated rings. The second-order valence-corrected chi connectivity index (χ2v) is 8.61. The predicted molar refractivity (Wildman–Crippen MR) is 108 cm³/mol. The second-order valence-electron chi connectivity index (χ2n) is 7.48. The van der Waals surface area contributed by atoms with Crippen molar-refractivity contribution in [1.29, 1.82) is 0 Å². The zero-order valence-corrected chi connectivity index (χ0v) is 16.7. The van der Waals surface area contributed by atoms with Crippen LogP contribution in [0.1, 0.15) is 41.2 Å². The molecule has 0 aromatic heterocycles. The topological polar surface area (TPSA) is 49.4 Å². The smallest absolute Gasteiger partial charge is 0.253 e. The van der Waals surface area contributed by atoms with Gasteiger partial charge >= 0.3 is 0 Å². The highest BCUT2D eigenvalue weighted by molar-refractivity contribution is 7.99. The second kappa shape index (κ2) is 8.53. The highest BCUT2D eigenvalue weighted by Crippen LogP contribution is 2.36. The summed E-state index contributed by atoms with van der Waals surface area (Å²) in [4.78, 5) is 28.3. The van der Waals surface area contributed by atoms with Crippen LogP contribution in [0.25, 0.3) is 0 Å². The fourth-order valence-corrected chi connectivity index (χ4v) is 5.06. The maximum absolute atomic E-state index is 13.7. The maximum atomic E-state index is 13.7. The third kappa shape index (κ3) is 4.45. The van der Waals surface area contributed by atoms with Gasteiger partial charge in [0.15, 0.2) is 0 Å². The van der Waals surface area contributed by atoms with E-state index >= 15 is 0 Å². The molecule has 0 aliphatic carbocycles. The number of likely N-dealkylation sites (tertiary alicyclic amines) is 1. The van der Waals surface area contributed by atoms with Crippen molar-refractivity contribution in [2.45, 2.75) is 30.2 Å². The molecule has 4 rings (SSSR count). The van der Waals surface area contributed by atoms with Crippen molar-refractivity contribution in [3.05, 3.63) is 65.2 Å². The number of hydrogen-bond acceptors (Lipinski definition) is 3. The molecular formula is C22H22F2N2O2S. The molecule has 4 nitrogen and oxygen atoms in total.